The zero-order valence-electron chi connectivity index (χ0n) is 12.5. The maximum atomic E-state index is 12.5. The van der Waals surface area contributed by atoms with E-state index in [1.54, 1.807) is 6.92 Å². The second-order valence-corrected chi connectivity index (χ2v) is 4.46. The molecule has 0 atom stereocenters. The number of rotatable bonds is 5. The first-order valence-corrected chi connectivity index (χ1v) is 6.91. The van der Waals surface area contributed by atoms with Crippen molar-refractivity contribution in [1.82, 2.24) is 5.32 Å². The maximum Gasteiger partial charge on any atom is 0.416 e. The summed E-state index contributed by atoms with van der Waals surface area (Å²) in [5.41, 5.74) is -0.566. The van der Waals surface area contributed by atoms with Gasteiger partial charge >= 0.3 is 12.1 Å². The molecule has 0 unspecified atom stereocenters. The number of alkyl halides is 3. The number of halogens is 3. The minimum absolute atomic E-state index is 0.0160. The summed E-state index contributed by atoms with van der Waals surface area (Å²) in [7, 11) is 0. The SMILES string of the molecule is CCOC(=O)CCC(=O)NCC#Cc1cccc(C(F)(F)F)c1. The lowest BCUT2D eigenvalue weighted by molar-refractivity contribution is -0.144. The number of hydrogen-bond donors (Lipinski definition) is 1. The molecule has 1 amide bonds. The van der Waals surface area contributed by atoms with E-state index in [0.717, 1.165) is 12.1 Å². The van der Waals surface area contributed by atoms with E-state index in [9.17, 15) is 22.8 Å². The zero-order chi connectivity index (χ0) is 17.3. The summed E-state index contributed by atoms with van der Waals surface area (Å²) in [5, 5.41) is 2.45. The van der Waals surface area contributed by atoms with Crippen LogP contribution in [0, 0.1) is 11.8 Å². The van der Waals surface area contributed by atoms with E-state index in [1.807, 2.05) is 0 Å². The molecule has 1 N–H and O–H groups in total. The fourth-order valence-corrected chi connectivity index (χ4v) is 1.60. The topological polar surface area (TPSA) is 55.4 Å². The summed E-state index contributed by atoms with van der Waals surface area (Å²) in [6.07, 6.45) is -4.47. The Morgan fingerprint density at radius 1 is 1.26 bits per heavy atom. The van der Waals surface area contributed by atoms with Crippen molar-refractivity contribution in [1.29, 1.82) is 0 Å². The molecule has 0 saturated carbocycles. The predicted molar refractivity (Wildman–Crippen MR) is 77.2 cm³/mol. The summed E-state index contributed by atoms with van der Waals surface area (Å²) in [6.45, 7) is 1.90. The Hall–Kier alpha value is -2.49. The molecule has 0 radical (unpaired) electrons. The fraction of sp³-hybridized carbons (Fsp3) is 0.375. The molecule has 0 aliphatic rings. The molecule has 0 spiro atoms. The number of amides is 1. The highest BCUT2D eigenvalue weighted by atomic mass is 19.4. The van der Waals surface area contributed by atoms with Gasteiger partial charge in [-0.05, 0) is 25.1 Å². The van der Waals surface area contributed by atoms with Crippen molar-refractivity contribution in [2.75, 3.05) is 13.2 Å². The molecule has 0 aliphatic carbocycles. The standard InChI is InChI=1S/C16H16F3NO3/c1-2-23-15(22)9-8-14(21)20-10-4-6-12-5-3-7-13(11-12)16(17,18)19/h3,5,7,11H,2,8-10H2,1H3,(H,20,21). The maximum absolute atomic E-state index is 12.5. The molecule has 0 heterocycles. The van der Waals surface area contributed by atoms with Gasteiger partial charge in [0.15, 0.2) is 0 Å². The molecular weight excluding hydrogens is 311 g/mol. The van der Waals surface area contributed by atoms with E-state index in [1.165, 1.54) is 12.1 Å². The van der Waals surface area contributed by atoms with E-state index in [4.69, 9.17) is 0 Å². The van der Waals surface area contributed by atoms with Crippen LogP contribution in [0.2, 0.25) is 0 Å². The van der Waals surface area contributed by atoms with E-state index in [2.05, 4.69) is 21.9 Å². The highest BCUT2D eigenvalue weighted by Crippen LogP contribution is 2.29. The Labute approximate surface area is 132 Å². The van der Waals surface area contributed by atoms with Crippen molar-refractivity contribution in [3.8, 4) is 11.8 Å². The van der Waals surface area contributed by atoms with Crippen LogP contribution in [0.5, 0.6) is 0 Å². The largest absolute Gasteiger partial charge is 0.466 e. The molecule has 0 saturated heterocycles. The average Bonchev–Trinajstić information content (AvgIpc) is 2.49. The summed E-state index contributed by atoms with van der Waals surface area (Å²) in [4.78, 5) is 22.5. The van der Waals surface area contributed by atoms with Crippen LogP contribution in [-0.2, 0) is 20.5 Å². The number of esters is 1. The summed E-state index contributed by atoms with van der Waals surface area (Å²) >= 11 is 0. The normalized spacial score (nSPS) is 10.4. The number of benzene rings is 1. The van der Waals surface area contributed by atoms with E-state index in [0.29, 0.717) is 0 Å². The number of carbonyl (C=O) groups is 2. The van der Waals surface area contributed by atoms with Crippen molar-refractivity contribution in [2.24, 2.45) is 0 Å². The summed E-state index contributed by atoms with van der Waals surface area (Å²) < 4.78 is 42.2. The van der Waals surface area contributed by atoms with E-state index < -0.39 is 17.7 Å². The Bertz CT molecular complexity index is 615. The van der Waals surface area contributed by atoms with Gasteiger partial charge in [-0.3, -0.25) is 9.59 Å². The van der Waals surface area contributed by atoms with Gasteiger partial charge in [0.1, 0.15) is 0 Å². The van der Waals surface area contributed by atoms with E-state index in [-0.39, 0.29) is 37.5 Å². The second-order valence-electron chi connectivity index (χ2n) is 4.46. The van der Waals surface area contributed by atoms with Crippen molar-refractivity contribution in [3.63, 3.8) is 0 Å². The van der Waals surface area contributed by atoms with Crippen LogP contribution in [0.1, 0.15) is 30.9 Å². The molecule has 0 aliphatic heterocycles. The molecule has 4 nitrogen and oxygen atoms in total. The fourth-order valence-electron chi connectivity index (χ4n) is 1.60. The summed E-state index contributed by atoms with van der Waals surface area (Å²) in [5.74, 6) is 4.26. The molecule has 0 fully saturated rings. The second kappa shape index (κ2) is 8.83. The Morgan fingerprint density at radius 2 is 2.00 bits per heavy atom. The minimum Gasteiger partial charge on any atom is -0.466 e. The molecular formula is C16H16F3NO3. The van der Waals surface area contributed by atoms with Crippen LogP contribution >= 0.6 is 0 Å². The van der Waals surface area contributed by atoms with Crippen LogP contribution in [0.3, 0.4) is 0 Å². The van der Waals surface area contributed by atoms with Gasteiger partial charge in [0.05, 0.1) is 25.1 Å². The lowest BCUT2D eigenvalue weighted by atomic mass is 10.1. The van der Waals surface area contributed by atoms with Gasteiger partial charge in [0.25, 0.3) is 0 Å². The quantitative estimate of drug-likeness (QED) is 0.668. The molecule has 1 aromatic carbocycles. The van der Waals surface area contributed by atoms with Crippen LogP contribution < -0.4 is 5.32 Å². The van der Waals surface area contributed by atoms with Gasteiger partial charge in [-0.25, -0.2) is 0 Å². The van der Waals surface area contributed by atoms with E-state index >= 15 is 0 Å². The third-order valence-electron chi connectivity index (χ3n) is 2.66. The lowest BCUT2D eigenvalue weighted by Crippen LogP contribution is -2.24. The number of ether oxygens (including phenoxy) is 1. The first kappa shape index (κ1) is 18.6. The number of hydrogen-bond acceptors (Lipinski definition) is 3. The van der Waals surface area contributed by atoms with Crippen molar-refractivity contribution >= 4 is 11.9 Å². The molecule has 23 heavy (non-hydrogen) atoms. The van der Waals surface area contributed by atoms with Crippen LogP contribution in [0.4, 0.5) is 13.2 Å². The van der Waals surface area contributed by atoms with Crippen LogP contribution in [0.25, 0.3) is 0 Å². The van der Waals surface area contributed by atoms with Crippen molar-refractivity contribution < 1.29 is 27.5 Å². The molecule has 124 valence electrons. The third kappa shape index (κ3) is 7.36. The zero-order valence-corrected chi connectivity index (χ0v) is 12.5. The number of carbonyl (C=O) groups excluding carboxylic acids is 2. The first-order chi connectivity index (χ1) is 10.8. The highest BCUT2D eigenvalue weighted by molar-refractivity contribution is 5.81. The molecule has 0 aromatic heterocycles. The van der Waals surface area contributed by atoms with Crippen LogP contribution in [-0.4, -0.2) is 25.0 Å². The predicted octanol–water partition coefficient (Wildman–Crippen LogP) is 2.52. The first-order valence-electron chi connectivity index (χ1n) is 6.91. The lowest BCUT2D eigenvalue weighted by Gasteiger charge is -2.05. The van der Waals surface area contributed by atoms with Gasteiger partial charge in [-0.2, -0.15) is 13.2 Å². The molecule has 7 heteroatoms. The monoisotopic (exact) mass is 327 g/mol. The molecule has 0 bridgehead atoms. The van der Waals surface area contributed by atoms with Crippen molar-refractivity contribution in [2.45, 2.75) is 25.9 Å². The van der Waals surface area contributed by atoms with Gasteiger partial charge in [-0.1, -0.05) is 17.9 Å². The highest BCUT2D eigenvalue weighted by Gasteiger charge is 2.30. The van der Waals surface area contributed by atoms with Crippen LogP contribution in [0.15, 0.2) is 24.3 Å². The third-order valence-corrected chi connectivity index (χ3v) is 2.66. The number of nitrogens with one attached hydrogen (secondary N) is 1. The Morgan fingerprint density at radius 3 is 2.65 bits per heavy atom. The minimum atomic E-state index is -4.42. The van der Waals surface area contributed by atoms with Gasteiger partial charge in [-0.15, -0.1) is 0 Å². The Kier molecular flexibility index (Phi) is 7.13. The van der Waals surface area contributed by atoms with Crippen molar-refractivity contribution in [3.05, 3.63) is 35.4 Å². The van der Waals surface area contributed by atoms with Gasteiger partial charge in [0, 0.05) is 12.0 Å². The van der Waals surface area contributed by atoms with Gasteiger partial charge in [0.2, 0.25) is 5.91 Å². The molecule has 1 rings (SSSR count). The average molecular weight is 327 g/mol. The Balaban J connectivity index is 2.44. The smallest absolute Gasteiger partial charge is 0.416 e. The van der Waals surface area contributed by atoms with Gasteiger partial charge < -0.3 is 10.1 Å². The summed E-state index contributed by atoms with van der Waals surface area (Å²) in [6, 6.07) is 4.62. The molecule has 1 aromatic rings.